The van der Waals surface area contributed by atoms with E-state index in [0.717, 1.165) is 11.3 Å². The summed E-state index contributed by atoms with van der Waals surface area (Å²) >= 11 is 0. The van der Waals surface area contributed by atoms with Gasteiger partial charge >= 0.3 is 0 Å². The van der Waals surface area contributed by atoms with E-state index in [1.807, 2.05) is 18.2 Å². The maximum Gasteiger partial charge on any atom is 0.263 e. The number of anilines is 1. The third-order valence-corrected chi connectivity index (χ3v) is 3.21. The number of hydrogen-bond donors (Lipinski definition) is 3. The van der Waals surface area contributed by atoms with Crippen LogP contribution in [0.4, 0.5) is 5.69 Å². The summed E-state index contributed by atoms with van der Waals surface area (Å²) in [4.78, 5) is 12.0. The lowest BCUT2D eigenvalue weighted by Gasteiger charge is -2.06. The first kappa shape index (κ1) is 16.9. The molecule has 0 saturated heterocycles. The van der Waals surface area contributed by atoms with Gasteiger partial charge in [-0.1, -0.05) is 18.2 Å². The second-order valence-electron chi connectivity index (χ2n) is 4.90. The molecule has 6 nitrogen and oxygen atoms in total. The summed E-state index contributed by atoms with van der Waals surface area (Å²) in [5.74, 6) is 0.342. The van der Waals surface area contributed by atoms with Crippen LogP contribution in [-0.2, 0) is 11.3 Å². The number of ether oxygens (including phenoxy) is 1. The van der Waals surface area contributed by atoms with E-state index in [1.165, 1.54) is 18.3 Å². The molecule has 6 heteroatoms. The molecule has 24 heavy (non-hydrogen) atoms. The Balaban J connectivity index is 1.95. The van der Waals surface area contributed by atoms with Crippen molar-refractivity contribution in [2.24, 2.45) is 0 Å². The van der Waals surface area contributed by atoms with E-state index in [4.69, 9.17) is 10.00 Å². The van der Waals surface area contributed by atoms with Gasteiger partial charge < -0.3 is 20.5 Å². The number of carbonyl (C=O) groups is 1. The monoisotopic (exact) mass is 323 g/mol. The quantitative estimate of drug-likeness (QED) is 0.561. The second kappa shape index (κ2) is 8.25. The molecule has 0 unspecified atom stereocenters. The second-order valence-corrected chi connectivity index (χ2v) is 4.90. The number of methoxy groups -OCH3 is 1. The van der Waals surface area contributed by atoms with Gasteiger partial charge in [-0.3, -0.25) is 4.79 Å². The lowest BCUT2D eigenvalue weighted by atomic mass is 10.2. The number of nitrogens with zero attached hydrogens (tertiary/aromatic N) is 1. The van der Waals surface area contributed by atoms with Crippen LogP contribution in [0.15, 0.2) is 60.3 Å². The smallest absolute Gasteiger partial charge is 0.263 e. The van der Waals surface area contributed by atoms with Gasteiger partial charge in [0.1, 0.15) is 23.1 Å². The van der Waals surface area contributed by atoms with Gasteiger partial charge in [-0.15, -0.1) is 0 Å². The molecule has 2 aromatic rings. The van der Waals surface area contributed by atoms with Gasteiger partial charge in [-0.25, -0.2) is 0 Å². The van der Waals surface area contributed by atoms with Crippen LogP contribution in [0.25, 0.3) is 0 Å². The average Bonchev–Trinajstić information content (AvgIpc) is 2.61. The molecule has 122 valence electrons. The minimum Gasteiger partial charge on any atom is -0.508 e. The summed E-state index contributed by atoms with van der Waals surface area (Å²) in [6.07, 6.45) is 1.30. The van der Waals surface area contributed by atoms with Crippen molar-refractivity contribution in [3.05, 3.63) is 65.9 Å². The van der Waals surface area contributed by atoms with E-state index in [9.17, 15) is 9.90 Å². The Hall–Kier alpha value is -3.46. The minimum atomic E-state index is -0.485. The lowest BCUT2D eigenvalue weighted by Crippen LogP contribution is -2.24. The van der Waals surface area contributed by atoms with Crippen LogP contribution >= 0.6 is 0 Å². The van der Waals surface area contributed by atoms with Gasteiger partial charge in [0, 0.05) is 24.5 Å². The fraction of sp³-hybridized carbons (Fsp3) is 0.111. The number of rotatable bonds is 6. The zero-order chi connectivity index (χ0) is 17.4. The zero-order valence-corrected chi connectivity index (χ0v) is 13.1. The summed E-state index contributed by atoms with van der Waals surface area (Å²) in [6, 6.07) is 15.5. The van der Waals surface area contributed by atoms with Gasteiger partial charge in [-0.05, 0) is 29.8 Å². The lowest BCUT2D eigenvalue weighted by molar-refractivity contribution is -0.117. The predicted molar refractivity (Wildman–Crippen MR) is 90.3 cm³/mol. The number of aromatic hydroxyl groups is 1. The van der Waals surface area contributed by atoms with Crippen molar-refractivity contribution in [3.8, 4) is 17.6 Å². The molecule has 0 aliphatic carbocycles. The van der Waals surface area contributed by atoms with Crippen molar-refractivity contribution < 1.29 is 14.6 Å². The summed E-state index contributed by atoms with van der Waals surface area (Å²) in [5, 5.41) is 24.0. The van der Waals surface area contributed by atoms with E-state index in [1.54, 1.807) is 31.4 Å². The predicted octanol–water partition coefficient (Wildman–Crippen LogP) is 2.54. The molecule has 0 aromatic heterocycles. The van der Waals surface area contributed by atoms with Gasteiger partial charge in [0.25, 0.3) is 5.91 Å². The number of phenolic OH excluding ortho intramolecular Hbond substituents is 1. The molecule has 0 aliphatic heterocycles. The molecular formula is C18H17N3O3. The van der Waals surface area contributed by atoms with Crippen molar-refractivity contribution in [1.82, 2.24) is 5.32 Å². The number of nitrogens with one attached hydrogen (secondary N) is 2. The van der Waals surface area contributed by atoms with Gasteiger partial charge in [-0.2, -0.15) is 5.26 Å². The third-order valence-electron chi connectivity index (χ3n) is 3.21. The molecule has 0 aliphatic rings. The van der Waals surface area contributed by atoms with Crippen molar-refractivity contribution in [2.75, 3.05) is 12.4 Å². The van der Waals surface area contributed by atoms with E-state index >= 15 is 0 Å². The van der Waals surface area contributed by atoms with Crippen LogP contribution in [-0.4, -0.2) is 18.1 Å². The standard InChI is InChI=1S/C18H17N3O3/c1-24-17-7-5-13(6-8-17)11-21-18(23)14(10-19)12-20-15-3-2-4-16(22)9-15/h2-9,12,20,22H,11H2,1H3,(H,21,23)/b14-12-. The largest absolute Gasteiger partial charge is 0.508 e. The van der Waals surface area contributed by atoms with Crippen molar-refractivity contribution in [2.45, 2.75) is 6.54 Å². The van der Waals surface area contributed by atoms with Gasteiger partial charge in [0.2, 0.25) is 0 Å². The Morgan fingerprint density at radius 3 is 2.67 bits per heavy atom. The number of carbonyl (C=O) groups excluding carboxylic acids is 1. The SMILES string of the molecule is COc1ccc(CNC(=O)/C(C#N)=C\Nc2cccc(O)c2)cc1. The Kier molecular flexibility index (Phi) is 5.81. The van der Waals surface area contributed by atoms with Crippen LogP contribution in [0.5, 0.6) is 11.5 Å². The summed E-state index contributed by atoms with van der Waals surface area (Å²) in [6.45, 7) is 0.300. The van der Waals surface area contributed by atoms with Gasteiger partial charge in [0.05, 0.1) is 7.11 Å². The van der Waals surface area contributed by atoms with Crippen LogP contribution in [0.1, 0.15) is 5.56 Å². The van der Waals surface area contributed by atoms with Gasteiger partial charge in [0.15, 0.2) is 0 Å². The Labute approximate surface area is 140 Å². The number of nitriles is 1. The van der Waals surface area contributed by atoms with Crippen LogP contribution in [0.3, 0.4) is 0 Å². The molecule has 0 atom stereocenters. The highest BCUT2D eigenvalue weighted by Crippen LogP contribution is 2.15. The molecule has 0 heterocycles. The van der Waals surface area contributed by atoms with Crippen molar-refractivity contribution in [1.29, 1.82) is 5.26 Å². The van der Waals surface area contributed by atoms with E-state index in [2.05, 4.69) is 10.6 Å². The molecule has 0 spiro atoms. The number of hydrogen-bond acceptors (Lipinski definition) is 5. The van der Waals surface area contributed by atoms with Crippen LogP contribution in [0, 0.1) is 11.3 Å². The molecule has 1 amide bonds. The zero-order valence-electron chi connectivity index (χ0n) is 13.1. The highest BCUT2D eigenvalue weighted by Gasteiger charge is 2.08. The van der Waals surface area contributed by atoms with Crippen LogP contribution in [0.2, 0.25) is 0 Å². The highest BCUT2D eigenvalue weighted by atomic mass is 16.5. The van der Waals surface area contributed by atoms with Crippen molar-refractivity contribution >= 4 is 11.6 Å². The van der Waals surface area contributed by atoms with Crippen molar-refractivity contribution in [3.63, 3.8) is 0 Å². The molecule has 3 N–H and O–H groups in total. The van der Waals surface area contributed by atoms with E-state index < -0.39 is 5.91 Å². The Bertz CT molecular complexity index is 777. The average molecular weight is 323 g/mol. The number of benzene rings is 2. The maximum atomic E-state index is 12.0. The first-order valence-corrected chi connectivity index (χ1v) is 7.19. The minimum absolute atomic E-state index is 0.0631. The maximum absolute atomic E-state index is 12.0. The molecule has 0 bridgehead atoms. The summed E-state index contributed by atoms with van der Waals surface area (Å²) in [5.41, 5.74) is 1.40. The molecule has 0 fully saturated rings. The molecule has 2 aromatic carbocycles. The van der Waals surface area contributed by atoms with Crippen LogP contribution < -0.4 is 15.4 Å². The third kappa shape index (κ3) is 4.78. The van der Waals surface area contributed by atoms with E-state index in [-0.39, 0.29) is 11.3 Å². The molecular weight excluding hydrogens is 306 g/mol. The first-order valence-electron chi connectivity index (χ1n) is 7.19. The topological polar surface area (TPSA) is 94.4 Å². The first-order chi connectivity index (χ1) is 11.6. The Morgan fingerprint density at radius 2 is 2.04 bits per heavy atom. The fourth-order valence-electron chi connectivity index (χ4n) is 1.92. The highest BCUT2D eigenvalue weighted by molar-refractivity contribution is 5.97. The normalized spacial score (nSPS) is 10.6. The number of phenols is 1. The van der Waals surface area contributed by atoms with E-state index in [0.29, 0.717) is 12.2 Å². The molecule has 0 saturated carbocycles. The fourth-order valence-corrected chi connectivity index (χ4v) is 1.92. The summed E-state index contributed by atoms with van der Waals surface area (Å²) in [7, 11) is 1.58. The molecule has 0 radical (unpaired) electrons. The molecule has 2 rings (SSSR count). The number of amides is 1. The summed E-state index contributed by atoms with van der Waals surface area (Å²) < 4.78 is 5.07. The Morgan fingerprint density at radius 1 is 1.29 bits per heavy atom.